The Labute approximate surface area is 148 Å². The molecule has 1 aromatic rings. The van der Waals surface area contributed by atoms with Crippen molar-refractivity contribution in [1.29, 1.82) is 0 Å². The third-order valence-electron chi connectivity index (χ3n) is 4.54. The summed E-state index contributed by atoms with van der Waals surface area (Å²) in [6.45, 7) is 6.42. The first-order valence-corrected chi connectivity index (χ1v) is 8.60. The number of nitrogens with zero attached hydrogens (tertiary/aromatic N) is 1. The van der Waals surface area contributed by atoms with E-state index < -0.39 is 11.0 Å². The molecule has 1 N–H and O–H groups in total. The minimum absolute atomic E-state index is 0.0411. The number of hydrogen-bond acceptors (Lipinski definition) is 3. The molecule has 2 amide bonds. The van der Waals surface area contributed by atoms with Crippen LogP contribution in [0.15, 0.2) is 24.3 Å². The molecule has 0 aromatic heterocycles. The fourth-order valence-electron chi connectivity index (χ4n) is 3.19. The summed E-state index contributed by atoms with van der Waals surface area (Å²) in [7, 11) is 1.62. The maximum Gasteiger partial charge on any atom is 0.410 e. The molecular formula is C19H27FN2O3. The summed E-state index contributed by atoms with van der Waals surface area (Å²) >= 11 is 0. The number of ether oxygens (including phenoxy) is 1. The monoisotopic (exact) mass is 350 g/mol. The van der Waals surface area contributed by atoms with Gasteiger partial charge in [-0.2, -0.15) is 0 Å². The van der Waals surface area contributed by atoms with Crippen LogP contribution >= 0.6 is 0 Å². The number of carbonyl (C=O) groups excluding carboxylic acids is 2. The van der Waals surface area contributed by atoms with E-state index in [4.69, 9.17) is 4.74 Å². The SMILES string of the molecule is CNC(=O)C1(Cc2ccc(F)cc2)CCN(C(=O)OC(C)(C)C)CC1. The molecule has 0 atom stereocenters. The lowest BCUT2D eigenvalue weighted by Crippen LogP contribution is -2.51. The van der Waals surface area contributed by atoms with Gasteiger partial charge in [0.05, 0.1) is 5.41 Å². The smallest absolute Gasteiger partial charge is 0.410 e. The van der Waals surface area contributed by atoms with Gasteiger partial charge in [-0.3, -0.25) is 4.79 Å². The highest BCUT2D eigenvalue weighted by molar-refractivity contribution is 5.83. The second-order valence-corrected chi connectivity index (χ2v) is 7.63. The van der Waals surface area contributed by atoms with Crippen LogP contribution in [0.3, 0.4) is 0 Å². The summed E-state index contributed by atoms with van der Waals surface area (Å²) in [5, 5.41) is 2.74. The van der Waals surface area contributed by atoms with Crippen molar-refractivity contribution in [2.75, 3.05) is 20.1 Å². The van der Waals surface area contributed by atoms with Crippen LogP contribution in [0, 0.1) is 11.2 Å². The molecule has 0 radical (unpaired) electrons. The van der Waals surface area contributed by atoms with Crippen molar-refractivity contribution in [3.63, 3.8) is 0 Å². The van der Waals surface area contributed by atoms with E-state index in [1.807, 2.05) is 20.8 Å². The first kappa shape index (κ1) is 19.2. The van der Waals surface area contributed by atoms with Crippen molar-refractivity contribution < 1.29 is 18.7 Å². The maximum absolute atomic E-state index is 13.1. The molecule has 138 valence electrons. The van der Waals surface area contributed by atoms with E-state index in [9.17, 15) is 14.0 Å². The van der Waals surface area contributed by atoms with Crippen molar-refractivity contribution in [1.82, 2.24) is 10.2 Å². The van der Waals surface area contributed by atoms with E-state index in [1.54, 1.807) is 24.1 Å². The van der Waals surface area contributed by atoms with Gasteiger partial charge in [-0.25, -0.2) is 9.18 Å². The number of rotatable bonds is 3. The lowest BCUT2D eigenvalue weighted by Gasteiger charge is -2.40. The van der Waals surface area contributed by atoms with E-state index in [0.717, 1.165) is 5.56 Å². The van der Waals surface area contributed by atoms with E-state index in [1.165, 1.54) is 12.1 Å². The van der Waals surface area contributed by atoms with Crippen molar-refractivity contribution in [2.45, 2.75) is 45.6 Å². The Morgan fingerprint density at radius 3 is 2.24 bits per heavy atom. The summed E-state index contributed by atoms with van der Waals surface area (Å²) < 4.78 is 18.5. The third kappa shape index (κ3) is 4.94. The Kier molecular flexibility index (Phi) is 5.70. The quantitative estimate of drug-likeness (QED) is 0.911. The molecule has 6 heteroatoms. The molecule has 0 aliphatic carbocycles. The molecule has 25 heavy (non-hydrogen) atoms. The molecule has 0 spiro atoms. The molecule has 1 aromatic carbocycles. The van der Waals surface area contributed by atoms with Gasteiger partial charge in [0, 0.05) is 20.1 Å². The van der Waals surface area contributed by atoms with E-state index in [0.29, 0.717) is 32.4 Å². The standard InChI is InChI=1S/C19H27FN2O3/c1-18(2,3)25-17(24)22-11-9-19(10-12-22,16(23)21-4)13-14-5-7-15(20)8-6-14/h5-8H,9-13H2,1-4H3,(H,21,23). The van der Waals surface area contributed by atoms with Crippen LogP contribution < -0.4 is 5.32 Å². The largest absolute Gasteiger partial charge is 0.444 e. The van der Waals surface area contributed by atoms with Crippen molar-refractivity contribution in [2.24, 2.45) is 5.41 Å². The molecule has 0 saturated carbocycles. The van der Waals surface area contributed by atoms with Crippen LogP contribution in [-0.2, 0) is 16.0 Å². The van der Waals surface area contributed by atoms with Gasteiger partial charge in [-0.1, -0.05) is 12.1 Å². The summed E-state index contributed by atoms with van der Waals surface area (Å²) in [6.07, 6.45) is 1.27. The van der Waals surface area contributed by atoms with Crippen molar-refractivity contribution >= 4 is 12.0 Å². The Morgan fingerprint density at radius 1 is 1.20 bits per heavy atom. The van der Waals surface area contributed by atoms with E-state index in [-0.39, 0.29) is 17.8 Å². The molecule has 1 saturated heterocycles. The van der Waals surface area contributed by atoms with E-state index >= 15 is 0 Å². The van der Waals surface area contributed by atoms with Crippen molar-refractivity contribution in [3.05, 3.63) is 35.6 Å². The number of likely N-dealkylation sites (tertiary alicyclic amines) is 1. The first-order chi connectivity index (χ1) is 11.6. The first-order valence-electron chi connectivity index (χ1n) is 8.60. The Balaban J connectivity index is 2.09. The summed E-state index contributed by atoms with van der Waals surface area (Å²) in [5.74, 6) is -0.335. The van der Waals surface area contributed by atoms with Crippen LogP contribution in [0.25, 0.3) is 0 Å². The normalized spacial score (nSPS) is 17.1. The molecule has 1 aliphatic heterocycles. The van der Waals surface area contributed by atoms with Crippen molar-refractivity contribution in [3.8, 4) is 0 Å². The highest BCUT2D eigenvalue weighted by Gasteiger charge is 2.42. The van der Waals surface area contributed by atoms with Gasteiger partial charge in [0.2, 0.25) is 5.91 Å². The van der Waals surface area contributed by atoms with Crippen LogP contribution in [0.2, 0.25) is 0 Å². The van der Waals surface area contributed by atoms with Crippen LogP contribution in [0.5, 0.6) is 0 Å². The molecule has 1 fully saturated rings. The van der Waals surface area contributed by atoms with Gasteiger partial charge < -0.3 is 15.0 Å². The van der Waals surface area contributed by atoms with E-state index in [2.05, 4.69) is 5.32 Å². The molecule has 0 unspecified atom stereocenters. The Hall–Kier alpha value is -2.11. The molecule has 2 rings (SSSR count). The third-order valence-corrected chi connectivity index (χ3v) is 4.54. The average Bonchev–Trinajstić information content (AvgIpc) is 2.55. The van der Waals surface area contributed by atoms with Gasteiger partial charge in [0.1, 0.15) is 11.4 Å². The highest BCUT2D eigenvalue weighted by atomic mass is 19.1. The zero-order valence-electron chi connectivity index (χ0n) is 15.4. The summed E-state index contributed by atoms with van der Waals surface area (Å²) in [5.41, 5.74) is -0.221. The lowest BCUT2D eigenvalue weighted by atomic mass is 9.73. The predicted octanol–water partition coefficient (Wildman–Crippen LogP) is 3.13. The summed E-state index contributed by atoms with van der Waals surface area (Å²) in [6, 6.07) is 6.23. The molecule has 5 nitrogen and oxygen atoms in total. The van der Waals surface area contributed by atoms with Crippen LogP contribution in [-0.4, -0.2) is 42.6 Å². The minimum Gasteiger partial charge on any atom is -0.444 e. The number of halogens is 1. The van der Waals surface area contributed by atoms with Gasteiger partial charge in [0.25, 0.3) is 0 Å². The number of amides is 2. The maximum atomic E-state index is 13.1. The number of benzene rings is 1. The number of carbonyl (C=O) groups is 2. The molecule has 1 heterocycles. The minimum atomic E-state index is -0.592. The zero-order valence-corrected chi connectivity index (χ0v) is 15.4. The zero-order chi connectivity index (χ0) is 18.7. The van der Waals surface area contributed by atoms with Crippen LogP contribution in [0.4, 0.5) is 9.18 Å². The second-order valence-electron chi connectivity index (χ2n) is 7.63. The molecule has 0 bridgehead atoms. The van der Waals surface area contributed by atoms with Gasteiger partial charge in [-0.15, -0.1) is 0 Å². The fraction of sp³-hybridized carbons (Fsp3) is 0.579. The van der Waals surface area contributed by atoms with Crippen LogP contribution in [0.1, 0.15) is 39.2 Å². The Morgan fingerprint density at radius 2 is 1.76 bits per heavy atom. The predicted molar refractivity (Wildman–Crippen MR) is 93.6 cm³/mol. The fourth-order valence-corrected chi connectivity index (χ4v) is 3.19. The molecular weight excluding hydrogens is 323 g/mol. The number of nitrogens with one attached hydrogen (secondary N) is 1. The molecule has 1 aliphatic rings. The number of hydrogen-bond donors (Lipinski definition) is 1. The van der Waals surface area contributed by atoms with Gasteiger partial charge in [-0.05, 0) is 57.7 Å². The Bertz CT molecular complexity index is 615. The second kappa shape index (κ2) is 7.42. The van der Waals surface area contributed by atoms with Gasteiger partial charge >= 0.3 is 6.09 Å². The summed E-state index contributed by atoms with van der Waals surface area (Å²) in [4.78, 5) is 26.4. The lowest BCUT2D eigenvalue weighted by molar-refractivity contribution is -0.133. The average molecular weight is 350 g/mol. The number of piperidine rings is 1. The van der Waals surface area contributed by atoms with Gasteiger partial charge in [0.15, 0.2) is 0 Å². The highest BCUT2D eigenvalue weighted by Crippen LogP contribution is 2.36. The topological polar surface area (TPSA) is 58.6 Å².